The van der Waals surface area contributed by atoms with Crippen molar-refractivity contribution in [1.29, 1.82) is 0 Å². The number of carboxylic acids is 1. The largest absolute Gasteiger partial charge is 0.478 e. The Balaban J connectivity index is 2.21. The van der Waals surface area contributed by atoms with Gasteiger partial charge in [-0.2, -0.15) is 0 Å². The lowest BCUT2D eigenvalue weighted by molar-refractivity contribution is 0.0692. The summed E-state index contributed by atoms with van der Waals surface area (Å²) in [6.07, 6.45) is 0. The first-order valence-corrected chi connectivity index (χ1v) is 5.90. The Bertz CT molecular complexity index is 736. The molecule has 0 unspecified atom stereocenters. The average molecular weight is 263 g/mol. The molecule has 0 spiro atoms. The van der Waals surface area contributed by atoms with Crippen LogP contribution in [0.2, 0.25) is 0 Å². The van der Waals surface area contributed by atoms with Crippen LogP contribution in [0.5, 0.6) is 0 Å². The molecule has 2 aromatic heterocycles. The van der Waals surface area contributed by atoms with Gasteiger partial charge in [0.1, 0.15) is 11.5 Å². The zero-order valence-electron chi connectivity index (χ0n) is 8.85. The summed E-state index contributed by atoms with van der Waals surface area (Å²) in [7, 11) is 0. The molecule has 3 aromatic rings. The van der Waals surface area contributed by atoms with Gasteiger partial charge in [-0.3, -0.25) is 0 Å². The van der Waals surface area contributed by atoms with Gasteiger partial charge in [0.2, 0.25) is 0 Å². The molecule has 0 saturated heterocycles. The minimum atomic E-state index is -1.31. The van der Waals surface area contributed by atoms with Crippen LogP contribution < -0.4 is 0 Å². The molecule has 1 aromatic carbocycles. The van der Waals surface area contributed by atoms with Crippen molar-refractivity contribution in [2.24, 2.45) is 0 Å². The molecule has 0 fully saturated rings. The van der Waals surface area contributed by atoms with Crippen LogP contribution in [0.15, 0.2) is 23.0 Å². The number of aromatic nitrogens is 3. The van der Waals surface area contributed by atoms with Gasteiger partial charge in [0, 0.05) is 11.4 Å². The number of nitrogens with zero attached hydrogens (tertiary/aromatic N) is 2. The minimum Gasteiger partial charge on any atom is -0.478 e. The lowest BCUT2D eigenvalue weighted by atomic mass is 10.2. The SMILES string of the molecule is O=C(O)c1cc2nc(-c3cscn3)[nH]c2cc1F. The highest BCUT2D eigenvalue weighted by Crippen LogP contribution is 2.22. The zero-order valence-corrected chi connectivity index (χ0v) is 9.66. The number of aromatic carboxylic acids is 1. The van der Waals surface area contributed by atoms with E-state index in [0.717, 1.165) is 6.07 Å². The molecule has 0 radical (unpaired) electrons. The average Bonchev–Trinajstić information content (AvgIpc) is 2.95. The number of benzene rings is 1. The van der Waals surface area contributed by atoms with E-state index in [1.807, 2.05) is 0 Å². The van der Waals surface area contributed by atoms with E-state index >= 15 is 0 Å². The van der Waals surface area contributed by atoms with Crippen LogP contribution in [0, 0.1) is 5.82 Å². The molecule has 5 nitrogen and oxygen atoms in total. The van der Waals surface area contributed by atoms with E-state index in [-0.39, 0.29) is 5.56 Å². The molecule has 0 aliphatic rings. The number of imidazole rings is 1. The van der Waals surface area contributed by atoms with Gasteiger partial charge in [0.05, 0.1) is 22.1 Å². The van der Waals surface area contributed by atoms with Gasteiger partial charge in [0.25, 0.3) is 0 Å². The number of rotatable bonds is 2. The number of hydrogen-bond acceptors (Lipinski definition) is 4. The van der Waals surface area contributed by atoms with E-state index < -0.39 is 11.8 Å². The van der Waals surface area contributed by atoms with Crippen LogP contribution in [0.4, 0.5) is 4.39 Å². The molecular weight excluding hydrogens is 257 g/mol. The fourth-order valence-electron chi connectivity index (χ4n) is 1.65. The van der Waals surface area contributed by atoms with Crippen LogP contribution in [0.1, 0.15) is 10.4 Å². The molecule has 0 aliphatic heterocycles. The van der Waals surface area contributed by atoms with Crippen molar-refractivity contribution in [2.45, 2.75) is 0 Å². The highest BCUT2D eigenvalue weighted by molar-refractivity contribution is 7.07. The summed E-state index contributed by atoms with van der Waals surface area (Å²) in [5.74, 6) is -1.61. The van der Waals surface area contributed by atoms with E-state index in [0.29, 0.717) is 22.6 Å². The number of H-pyrrole nitrogens is 1. The number of thiazole rings is 1. The van der Waals surface area contributed by atoms with Crippen molar-refractivity contribution in [2.75, 3.05) is 0 Å². The van der Waals surface area contributed by atoms with Crippen LogP contribution in [-0.2, 0) is 0 Å². The summed E-state index contributed by atoms with van der Waals surface area (Å²) in [5, 5.41) is 10.6. The fraction of sp³-hybridized carbons (Fsp3) is 0. The molecule has 0 bridgehead atoms. The van der Waals surface area contributed by atoms with Gasteiger partial charge >= 0.3 is 5.97 Å². The number of hydrogen-bond donors (Lipinski definition) is 2. The van der Waals surface area contributed by atoms with Crippen molar-refractivity contribution in [3.8, 4) is 11.5 Å². The molecule has 3 rings (SSSR count). The van der Waals surface area contributed by atoms with Gasteiger partial charge in [-0.05, 0) is 6.07 Å². The molecule has 7 heteroatoms. The number of fused-ring (bicyclic) bond motifs is 1. The third kappa shape index (κ3) is 1.65. The zero-order chi connectivity index (χ0) is 12.7. The molecule has 90 valence electrons. The van der Waals surface area contributed by atoms with E-state index in [1.54, 1.807) is 10.9 Å². The molecule has 0 aliphatic carbocycles. The van der Waals surface area contributed by atoms with Crippen LogP contribution in [0.3, 0.4) is 0 Å². The number of aromatic amines is 1. The van der Waals surface area contributed by atoms with Crippen LogP contribution in [0.25, 0.3) is 22.6 Å². The number of halogens is 1. The summed E-state index contributed by atoms with van der Waals surface area (Å²) in [4.78, 5) is 22.0. The second-order valence-electron chi connectivity index (χ2n) is 3.61. The summed E-state index contributed by atoms with van der Waals surface area (Å²) in [6, 6.07) is 2.33. The lowest BCUT2D eigenvalue weighted by Gasteiger charge is -1.95. The number of nitrogens with one attached hydrogen (secondary N) is 1. The van der Waals surface area contributed by atoms with Gasteiger partial charge in [-0.1, -0.05) is 0 Å². The minimum absolute atomic E-state index is 0.390. The first kappa shape index (κ1) is 10.8. The van der Waals surface area contributed by atoms with E-state index in [1.165, 1.54) is 17.4 Å². The Labute approximate surface area is 104 Å². The summed E-state index contributed by atoms with van der Waals surface area (Å²) >= 11 is 1.42. The first-order valence-electron chi connectivity index (χ1n) is 4.96. The third-order valence-corrected chi connectivity index (χ3v) is 3.06. The van der Waals surface area contributed by atoms with E-state index in [2.05, 4.69) is 15.0 Å². The molecule has 0 saturated carbocycles. The molecular formula is C11H6FN3O2S. The van der Waals surface area contributed by atoms with Crippen molar-refractivity contribution >= 4 is 28.3 Å². The normalized spacial score (nSPS) is 10.9. The van der Waals surface area contributed by atoms with Crippen molar-refractivity contribution in [3.05, 3.63) is 34.4 Å². The summed E-state index contributed by atoms with van der Waals surface area (Å²) < 4.78 is 13.5. The van der Waals surface area contributed by atoms with Gasteiger partial charge < -0.3 is 10.1 Å². The Hall–Kier alpha value is -2.28. The van der Waals surface area contributed by atoms with E-state index in [4.69, 9.17) is 5.11 Å². The first-order chi connectivity index (χ1) is 8.65. The maximum atomic E-state index is 13.5. The van der Waals surface area contributed by atoms with Gasteiger partial charge in [0.15, 0.2) is 5.82 Å². The van der Waals surface area contributed by atoms with Crippen LogP contribution in [-0.4, -0.2) is 26.0 Å². The maximum Gasteiger partial charge on any atom is 0.338 e. The van der Waals surface area contributed by atoms with Crippen molar-refractivity contribution < 1.29 is 14.3 Å². The van der Waals surface area contributed by atoms with Gasteiger partial charge in [-0.15, -0.1) is 11.3 Å². The molecule has 2 heterocycles. The standard InChI is InChI=1S/C11H6FN3O2S/c12-6-2-8-7(1-5(6)11(16)17)14-10(15-8)9-3-18-4-13-9/h1-4H,(H,14,15)(H,16,17). The van der Waals surface area contributed by atoms with E-state index in [9.17, 15) is 9.18 Å². The van der Waals surface area contributed by atoms with Crippen LogP contribution >= 0.6 is 11.3 Å². The third-order valence-electron chi connectivity index (χ3n) is 2.48. The second kappa shape index (κ2) is 3.88. The lowest BCUT2D eigenvalue weighted by Crippen LogP contribution is -1.99. The van der Waals surface area contributed by atoms with Crippen molar-refractivity contribution in [3.63, 3.8) is 0 Å². The maximum absolute atomic E-state index is 13.5. The predicted molar refractivity (Wildman–Crippen MR) is 64.1 cm³/mol. The number of carbonyl (C=O) groups is 1. The quantitative estimate of drug-likeness (QED) is 0.744. The van der Waals surface area contributed by atoms with Gasteiger partial charge in [-0.25, -0.2) is 19.2 Å². The smallest absolute Gasteiger partial charge is 0.338 e. The molecule has 0 amide bonds. The molecule has 0 atom stereocenters. The number of carboxylic acid groups (broad SMARTS) is 1. The second-order valence-corrected chi connectivity index (χ2v) is 4.33. The predicted octanol–water partition coefficient (Wildman–Crippen LogP) is 2.52. The topological polar surface area (TPSA) is 78.9 Å². The fourth-order valence-corrected chi connectivity index (χ4v) is 2.18. The Morgan fingerprint density at radius 1 is 1.44 bits per heavy atom. The molecule has 2 N–H and O–H groups in total. The van der Waals surface area contributed by atoms with Crippen molar-refractivity contribution in [1.82, 2.24) is 15.0 Å². The Morgan fingerprint density at radius 3 is 2.94 bits per heavy atom. The summed E-state index contributed by atoms with van der Waals surface area (Å²) in [6.45, 7) is 0. The Kier molecular flexibility index (Phi) is 2.34. The summed E-state index contributed by atoms with van der Waals surface area (Å²) in [5.41, 5.74) is 2.76. The monoisotopic (exact) mass is 263 g/mol. The molecule has 18 heavy (non-hydrogen) atoms. The Morgan fingerprint density at radius 2 is 2.28 bits per heavy atom. The highest BCUT2D eigenvalue weighted by Gasteiger charge is 2.14. The highest BCUT2D eigenvalue weighted by atomic mass is 32.1.